The van der Waals surface area contributed by atoms with Crippen LogP contribution in [0.4, 0.5) is 0 Å². The lowest BCUT2D eigenvalue weighted by Gasteiger charge is -2.23. The van der Waals surface area contributed by atoms with Gasteiger partial charge in [-0.3, -0.25) is 4.98 Å². The second-order valence-corrected chi connectivity index (χ2v) is 7.18. The molecule has 1 unspecified atom stereocenters. The van der Waals surface area contributed by atoms with Gasteiger partial charge in [0.05, 0.1) is 0 Å². The molecule has 1 rings (SSSR count). The van der Waals surface area contributed by atoms with Crippen molar-refractivity contribution in [3.8, 4) is 0 Å². The van der Waals surface area contributed by atoms with Crippen molar-refractivity contribution < 1.29 is 0 Å². The van der Waals surface area contributed by atoms with E-state index >= 15 is 0 Å². The van der Waals surface area contributed by atoms with E-state index in [1.165, 1.54) is 11.1 Å². The van der Waals surface area contributed by atoms with Crippen molar-refractivity contribution in [3.05, 3.63) is 29.6 Å². The summed E-state index contributed by atoms with van der Waals surface area (Å²) in [6.45, 7) is 12.0. The van der Waals surface area contributed by atoms with Gasteiger partial charge in [-0.2, -0.15) is 11.8 Å². The van der Waals surface area contributed by atoms with Gasteiger partial charge in [0.25, 0.3) is 0 Å². The van der Waals surface area contributed by atoms with Crippen LogP contribution in [-0.4, -0.2) is 22.0 Å². The number of aromatic nitrogens is 1. The van der Waals surface area contributed by atoms with E-state index in [9.17, 15) is 0 Å². The molecule has 0 aliphatic carbocycles. The van der Waals surface area contributed by atoms with Gasteiger partial charge in [0.1, 0.15) is 0 Å². The molecule has 0 amide bonds. The Morgan fingerprint density at radius 1 is 1.35 bits per heavy atom. The summed E-state index contributed by atoms with van der Waals surface area (Å²) < 4.78 is 0.310. The predicted octanol–water partition coefficient (Wildman–Crippen LogP) is 3.57. The Balaban J connectivity index is 2.71. The van der Waals surface area contributed by atoms with Crippen LogP contribution < -0.4 is 5.32 Å². The quantitative estimate of drug-likeness (QED) is 0.867. The van der Waals surface area contributed by atoms with E-state index < -0.39 is 0 Å². The molecule has 0 aliphatic rings. The van der Waals surface area contributed by atoms with E-state index in [1.807, 2.05) is 24.2 Å². The van der Waals surface area contributed by atoms with Gasteiger partial charge in [0.15, 0.2) is 0 Å². The van der Waals surface area contributed by atoms with Gasteiger partial charge >= 0.3 is 0 Å². The minimum absolute atomic E-state index is 0.310. The molecule has 2 nitrogen and oxygen atoms in total. The number of rotatable bonds is 5. The Hall–Kier alpha value is -0.540. The molecule has 1 aromatic rings. The van der Waals surface area contributed by atoms with Crippen molar-refractivity contribution in [2.45, 2.75) is 45.4 Å². The molecule has 1 aromatic heterocycles. The molecule has 3 heteroatoms. The largest absolute Gasteiger partial charge is 0.309 e. The molecule has 0 fully saturated rings. The highest BCUT2D eigenvalue weighted by Gasteiger charge is 2.16. The smallest absolute Gasteiger partial charge is 0.0427 e. The van der Waals surface area contributed by atoms with Gasteiger partial charge in [-0.15, -0.1) is 0 Å². The number of hydrogen-bond donors (Lipinski definition) is 1. The Bertz CT molecular complexity index is 344. The average Bonchev–Trinajstić information content (AvgIpc) is 2.23. The van der Waals surface area contributed by atoms with Crippen LogP contribution in [0.1, 0.15) is 44.9 Å². The highest BCUT2D eigenvalue weighted by Crippen LogP contribution is 2.28. The molecule has 0 aromatic carbocycles. The second kappa shape index (κ2) is 6.41. The number of hydrogen-bond acceptors (Lipinski definition) is 3. The molecule has 0 radical (unpaired) electrons. The van der Waals surface area contributed by atoms with E-state index in [-0.39, 0.29) is 0 Å². The van der Waals surface area contributed by atoms with Crippen LogP contribution in [0.25, 0.3) is 0 Å². The zero-order valence-corrected chi connectivity index (χ0v) is 12.4. The van der Waals surface area contributed by atoms with Crippen LogP contribution in [0.3, 0.4) is 0 Å². The molecule has 1 heterocycles. The topological polar surface area (TPSA) is 24.9 Å². The Kier molecular flexibility index (Phi) is 5.47. The van der Waals surface area contributed by atoms with Crippen molar-refractivity contribution in [1.82, 2.24) is 10.3 Å². The molecule has 1 N–H and O–H groups in total. The summed E-state index contributed by atoms with van der Waals surface area (Å²) in [5.74, 6) is 1.09. The third-order valence-electron chi connectivity index (χ3n) is 2.43. The zero-order chi connectivity index (χ0) is 12.9. The first-order chi connectivity index (χ1) is 7.92. The van der Waals surface area contributed by atoms with Crippen molar-refractivity contribution >= 4 is 11.8 Å². The summed E-state index contributed by atoms with van der Waals surface area (Å²) in [4.78, 5) is 4.28. The van der Waals surface area contributed by atoms with E-state index in [0.717, 1.165) is 12.3 Å². The Morgan fingerprint density at radius 2 is 2.06 bits per heavy atom. The fourth-order valence-corrected chi connectivity index (χ4v) is 2.60. The number of nitrogens with one attached hydrogen (secondary N) is 1. The van der Waals surface area contributed by atoms with Gasteiger partial charge in [-0.1, -0.05) is 33.8 Å². The van der Waals surface area contributed by atoms with Gasteiger partial charge in [0.2, 0.25) is 0 Å². The van der Waals surface area contributed by atoms with Gasteiger partial charge in [0, 0.05) is 28.9 Å². The van der Waals surface area contributed by atoms with Crippen molar-refractivity contribution in [1.29, 1.82) is 0 Å². The van der Waals surface area contributed by atoms with Crippen molar-refractivity contribution in [2.24, 2.45) is 0 Å². The molecule has 1 atom stereocenters. The molecule has 0 bridgehead atoms. The summed E-state index contributed by atoms with van der Waals surface area (Å²) >= 11 is 1.99. The van der Waals surface area contributed by atoms with Crippen LogP contribution in [0.5, 0.6) is 0 Å². The normalized spacial score (nSPS) is 13.7. The molecule has 96 valence electrons. The monoisotopic (exact) mass is 252 g/mol. The summed E-state index contributed by atoms with van der Waals surface area (Å²) in [6.07, 6.45) is 3.88. The first kappa shape index (κ1) is 14.5. The third-order valence-corrected chi connectivity index (χ3v) is 3.80. The van der Waals surface area contributed by atoms with E-state index in [4.69, 9.17) is 0 Å². The predicted molar refractivity (Wildman–Crippen MR) is 77.6 cm³/mol. The summed E-state index contributed by atoms with van der Waals surface area (Å²) in [5, 5.41) is 3.54. The van der Waals surface area contributed by atoms with Gasteiger partial charge in [-0.05, 0) is 24.6 Å². The summed E-state index contributed by atoms with van der Waals surface area (Å²) in [5.41, 5.74) is 2.52. The number of nitrogens with zero attached hydrogens (tertiary/aromatic N) is 1. The summed E-state index contributed by atoms with van der Waals surface area (Å²) in [6, 6.07) is 2.63. The third kappa shape index (κ3) is 5.55. The molecule has 0 spiro atoms. The lowest BCUT2D eigenvalue weighted by molar-refractivity contribution is 0.600. The average molecular weight is 252 g/mol. The second-order valence-electron chi connectivity index (χ2n) is 5.33. The summed E-state index contributed by atoms with van der Waals surface area (Å²) in [7, 11) is 0. The minimum Gasteiger partial charge on any atom is -0.309 e. The van der Waals surface area contributed by atoms with Crippen LogP contribution in [-0.2, 0) is 0 Å². The number of thioether (sulfide) groups is 1. The fraction of sp³-hybridized carbons (Fsp3) is 0.643. The highest BCUT2D eigenvalue weighted by atomic mass is 32.2. The van der Waals surface area contributed by atoms with E-state index in [0.29, 0.717) is 10.8 Å². The molecule has 0 saturated carbocycles. The van der Waals surface area contributed by atoms with Crippen molar-refractivity contribution in [3.63, 3.8) is 0 Å². The van der Waals surface area contributed by atoms with E-state index in [1.54, 1.807) is 0 Å². The van der Waals surface area contributed by atoms with Gasteiger partial charge < -0.3 is 5.32 Å². The lowest BCUT2D eigenvalue weighted by Crippen LogP contribution is -2.25. The highest BCUT2D eigenvalue weighted by molar-refractivity contribution is 8.00. The first-order valence-electron chi connectivity index (χ1n) is 6.21. The maximum Gasteiger partial charge on any atom is 0.0427 e. The van der Waals surface area contributed by atoms with E-state index in [2.05, 4.69) is 51.0 Å². The molecule has 0 saturated heterocycles. The van der Waals surface area contributed by atoms with Crippen LogP contribution in [0.15, 0.2) is 18.5 Å². The molecular weight excluding hydrogens is 228 g/mol. The Labute approximate surface area is 110 Å². The minimum atomic E-state index is 0.310. The number of pyridine rings is 1. The SMILES string of the molecule is CCNC(CSC(C)(C)C)c1cncc(C)c1. The van der Waals surface area contributed by atoms with Crippen LogP contribution in [0, 0.1) is 6.92 Å². The maximum absolute atomic E-state index is 4.28. The Morgan fingerprint density at radius 3 is 2.59 bits per heavy atom. The van der Waals surface area contributed by atoms with Crippen LogP contribution >= 0.6 is 11.8 Å². The van der Waals surface area contributed by atoms with Crippen molar-refractivity contribution in [2.75, 3.05) is 12.3 Å². The molecular formula is C14H24N2S. The standard InChI is InChI=1S/C14H24N2S/c1-6-16-13(10-17-14(3,4)5)12-7-11(2)8-15-9-12/h7-9,13,16H,6,10H2,1-5H3. The number of aryl methyl sites for hydroxylation is 1. The fourth-order valence-electron chi connectivity index (χ4n) is 1.62. The lowest BCUT2D eigenvalue weighted by atomic mass is 10.1. The molecule has 17 heavy (non-hydrogen) atoms. The zero-order valence-electron chi connectivity index (χ0n) is 11.6. The van der Waals surface area contributed by atoms with Gasteiger partial charge in [-0.25, -0.2) is 0 Å². The molecule has 0 aliphatic heterocycles. The van der Waals surface area contributed by atoms with Crippen LogP contribution in [0.2, 0.25) is 0 Å². The first-order valence-corrected chi connectivity index (χ1v) is 7.20. The maximum atomic E-state index is 4.28.